The van der Waals surface area contributed by atoms with Crippen molar-refractivity contribution in [3.8, 4) is 17.2 Å². The molecule has 0 spiro atoms. The van der Waals surface area contributed by atoms with Crippen LogP contribution in [0.2, 0.25) is 5.02 Å². The van der Waals surface area contributed by atoms with Crippen LogP contribution >= 0.6 is 11.6 Å². The van der Waals surface area contributed by atoms with Crippen LogP contribution in [0.1, 0.15) is 22.2 Å². The first-order chi connectivity index (χ1) is 15.3. The van der Waals surface area contributed by atoms with Crippen LogP contribution in [-0.2, 0) is 0 Å². The number of nitrogens with zero attached hydrogens (tertiary/aromatic N) is 2. The molecule has 3 rings (SSSR count). The Morgan fingerprint density at radius 3 is 2.56 bits per heavy atom. The molecular weight excluding hydrogens is 438 g/mol. The summed E-state index contributed by atoms with van der Waals surface area (Å²) in [6, 6.07) is 12.2. The van der Waals surface area contributed by atoms with Crippen molar-refractivity contribution < 1.29 is 23.6 Å². The average molecular weight is 460 g/mol. The summed E-state index contributed by atoms with van der Waals surface area (Å²) >= 11 is 5.84. The molecule has 1 heterocycles. The van der Waals surface area contributed by atoms with Crippen molar-refractivity contribution >= 4 is 23.2 Å². The van der Waals surface area contributed by atoms with Gasteiger partial charge >= 0.3 is 5.69 Å². The summed E-state index contributed by atoms with van der Waals surface area (Å²) in [7, 11) is 5.20. The number of halogens is 1. The number of hydrogen-bond acceptors (Lipinski definition) is 7. The van der Waals surface area contributed by atoms with E-state index in [0.717, 1.165) is 5.76 Å². The smallest absolute Gasteiger partial charge is 0.313 e. The van der Waals surface area contributed by atoms with Gasteiger partial charge in [-0.15, -0.1) is 0 Å². The first-order valence-electron chi connectivity index (χ1n) is 9.58. The third-order valence-electron chi connectivity index (χ3n) is 4.71. The van der Waals surface area contributed by atoms with Crippen LogP contribution in [0, 0.1) is 10.1 Å². The Morgan fingerprint density at radius 1 is 1.19 bits per heavy atom. The summed E-state index contributed by atoms with van der Waals surface area (Å²) in [5.74, 6) is 0.891. The Labute approximate surface area is 189 Å². The summed E-state index contributed by atoms with van der Waals surface area (Å²) < 4.78 is 16.5. The minimum absolute atomic E-state index is 0.00201. The third-order valence-corrected chi connectivity index (χ3v) is 4.95. The number of nitro groups is 1. The van der Waals surface area contributed by atoms with Crippen molar-refractivity contribution in [2.45, 2.75) is 6.04 Å². The molecule has 0 fully saturated rings. The molecule has 1 amide bonds. The molecule has 168 valence electrons. The van der Waals surface area contributed by atoms with E-state index in [0.29, 0.717) is 12.1 Å². The number of hydrogen-bond donors (Lipinski definition) is 1. The van der Waals surface area contributed by atoms with Crippen molar-refractivity contribution in [3.05, 3.63) is 81.3 Å². The van der Waals surface area contributed by atoms with Gasteiger partial charge in [-0.25, -0.2) is 0 Å². The molecule has 0 bridgehead atoms. The van der Waals surface area contributed by atoms with Gasteiger partial charge in [-0.05, 0) is 56.6 Å². The van der Waals surface area contributed by atoms with E-state index in [9.17, 15) is 14.9 Å². The standard InChI is InChI=1S/C22H22ClN3O6/c1-25(2)17(18-5-4-10-31-18)13-24-22(27)14-6-8-20(21(11-14)30-3)32-19-9-7-15(23)12-16(19)26(28)29/h4-12,17H,13H2,1-3H3,(H,24,27). The normalized spacial score (nSPS) is 11.8. The Bertz CT molecular complexity index is 1100. The summed E-state index contributed by atoms with van der Waals surface area (Å²) in [4.78, 5) is 25.3. The molecule has 1 atom stereocenters. The Balaban J connectivity index is 1.76. The third kappa shape index (κ3) is 5.37. The molecule has 0 aliphatic carbocycles. The zero-order valence-corrected chi connectivity index (χ0v) is 18.5. The second-order valence-corrected chi connectivity index (χ2v) is 7.48. The predicted molar refractivity (Wildman–Crippen MR) is 119 cm³/mol. The number of methoxy groups -OCH3 is 1. The first kappa shape index (κ1) is 23.1. The van der Waals surface area contributed by atoms with Crippen molar-refractivity contribution in [3.63, 3.8) is 0 Å². The summed E-state index contributed by atoms with van der Waals surface area (Å²) in [6.45, 7) is 0.330. The number of carbonyl (C=O) groups is 1. The van der Waals surface area contributed by atoms with Gasteiger partial charge in [-0.2, -0.15) is 0 Å². The maximum absolute atomic E-state index is 12.7. The average Bonchev–Trinajstić information content (AvgIpc) is 3.29. The van der Waals surface area contributed by atoms with E-state index in [4.69, 9.17) is 25.5 Å². The molecule has 32 heavy (non-hydrogen) atoms. The zero-order valence-electron chi connectivity index (χ0n) is 17.7. The molecule has 2 aromatic carbocycles. The number of likely N-dealkylation sites (N-methyl/N-ethyl adjacent to an activating group) is 1. The molecule has 0 saturated heterocycles. The number of benzene rings is 2. The predicted octanol–water partition coefficient (Wildman–Crippen LogP) is 4.67. The van der Waals surface area contributed by atoms with Crippen molar-refractivity contribution in [2.75, 3.05) is 27.7 Å². The highest BCUT2D eigenvalue weighted by atomic mass is 35.5. The molecule has 0 aliphatic heterocycles. The van der Waals surface area contributed by atoms with E-state index in [-0.39, 0.29) is 39.9 Å². The fourth-order valence-electron chi connectivity index (χ4n) is 3.04. The van der Waals surface area contributed by atoms with Gasteiger partial charge in [0, 0.05) is 23.2 Å². The van der Waals surface area contributed by atoms with Gasteiger partial charge in [-0.3, -0.25) is 19.8 Å². The number of furan rings is 1. The lowest BCUT2D eigenvalue weighted by Crippen LogP contribution is -2.34. The maximum atomic E-state index is 12.7. The van der Waals surface area contributed by atoms with Crippen LogP contribution in [-0.4, -0.2) is 43.5 Å². The molecule has 1 aromatic heterocycles. The number of carbonyl (C=O) groups excluding carboxylic acids is 1. The number of ether oxygens (including phenoxy) is 2. The van der Waals surface area contributed by atoms with Gasteiger partial charge in [0.05, 0.1) is 24.3 Å². The molecule has 10 heteroatoms. The monoisotopic (exact) mass is 459 g/mol. The molecule has 0 radical (unpaired) electrons. The van der Waals surface area contributed by atoms with E-state index < -0.39 is 4.92 Å². The van der Waals surface area contributed by atoms with E-state index in [2.05, 4.69) is 5.32 Å². The van der Waals surface area contributed by atoms with E-state index in [1.54, 1.807) is 18.4 Å². The van der Waals surface area contributed by atoms with Crippen molar-refractivity contribution in [2.24, 2.45) is 0 Å². The summed E-state index contributed by atoms with van der Waals surface area (Å²) in [6.07, 6.45) is 1.59. The van der Waals surface area contributed by atoms with E-state index in [1.165, 1.54) is 37.4 Å². The summed E-state index contributed by atoms with van der Waals surface area (Å²) in [5, 5.41) is 14.4. The second kappa shape index (κ2) is 10.2. The zero-order chi connectivity index (χ0) is 23.3. The van der Waals surface area contributed by atoms with Gasteiger partial charge in [-0.1, -0.05) is 11.6 Å². The van der Waals surface area contributed by atoms with Crippen LogP contribution in [0.15, 0.2) is 59.2 Å². The number of amides is 1. The van der Waals surface area contributed by atoms with Gasteiger partial charge in [0.2, 0.25) is 5.75 Å². The highest BCUT2D eigenvalue weighted by molar-refractivity contribution is 6.30. The Kier molecular flexibility index (Phi) is 7.34. The fourth-order valence-corrected chi connectivity index (χ4v) is 3.21. The maximum Gasteiger partial charge on any atom is 0.313 e. The van der Waals surface area contributed by atoms with Gasteiger partial charge < -0.3 is 19.2 Å². The minimum Gasteiger partial charge on any atom is -0.493 e. The topological polar surface area (TPSA) is 107 Å². The highest BCUT2D eigenvalue weighted by Crippen LogP contribution is 2.37. The van der Waals surface area contributed by atoms with Crippen LogP contribution in [0.25, 0.3) is 0 Å². The largest absolute Gasteiger partial charge is 0.493 e. The number of nitro benzene ring substituents is 1. The highest BCUT2D eigenvalue weighted by Gasteiger charge is 2.21. The Hall–Kier alpha value is -3.56. The molecule has 3 aromatic rings. The van der Waals surface area contributed by atoms with Crippen LogP contribution in [0.5, 0.6) is 17.2 Å². The molecule has 1 N–H and O–H groups in total. The molecule has 9 nitrogen and oxygen atoms in total. The molecule has 0 aliphatic rings. The van der Waals surface area contributed by atoms with Crippen molar-refractivity contribution in [1.29, 1.82) is 0 Å². The quantitative estimate of drug-likeness (QED) is 0.365. The lowest BCUT2D eigenvalue weighted by molar-refractivity contribution is -0.385. The van der Waals surface area contributed by atoms with Crippen molar-refractivity contribution in [1.82, 2.24) is 10.2 Å². The van der Waals surface area contributed by atoms with Crippen LogP contribution in [0.3, 0.4) is 0 Å². The summed E-state index contributed by atoms with van der Waals surface area (Å²) in [5.41, 5.74) is 0.0609. The Morgan fingerprint density at radius 2 is 1.94 bits per heavy atom. The van der Waals surface area contributed by atoms with Gasteiger partial charge in [0.15, 0.2) is 11.5 Å². The molecular formula is C22H22ClN3O6. The minimum atomic E-state index is -0.588. The fraction of sp³-hybridized carbons (Fsp3) is 0.227. The van der Waals surface area contributed by atoms with Crippen LogP contribution in [0.4, 0.5) is 5.69 Å². The van der Waals surface area contributed by atoms with Gasteiger partial charge in [0.1, 0.15) is 5.76 Å². The second-order valence-electron chi connectivity index (χ2n) is 7.04. The molecule has 0 saturated carbocycles. The van der Waals surface area contributed by atoms with Gasteiger partial charge in [0.25, 0.3) is 5.91 Å². The lowest BCUT2D eigenvalue weighted by atomic mass is 10.1. The lowest BCUT2D eigenvalue weighted by Gasteiger charge is -2.22. The van der Waals surface area contributed by atoms with Crippen LogP contribution < -0.4 is 14.8 Å². The number of rotatable bonds is 9. The first-order valence-corrected chi connectivity index (χ1v) is 9.95. The van der Waals surface area contributed by atoms with E-state index >= 15 is 0 Å². The molecule has 1 unspecified atom stereocenters. The van der Waals surface area contributed by atoms with E-state index in [1.807, 2.05) is 25.1 Å². The number of nitrogens with one attached hydrogen (secondary N) is 1. The SMILES string of the molecule is COc1cc(C(=O)NCC(c2ccco2)N(C)C)ccc1Oc1ccc(Cl)cc1[N+](=O)[O-].